The SMILES string of the molecule is Cc1cc(=O)c(CNC(=O)c2cc(Cl)cc(OC3CCCCC3)c2C)c(C)[nH]1. The summed E-state index contributed by atoms with van der Waals surface area (Å²) in [7, 11) is 0. The maximum atomic E-state index is 12.8. The number of nitrogens with one attached hydrogen (secondary N) is 2. The van der Waals surface area contributed by atoms with Gasteiger partial charge in [0.25, 0.3) is 5.91 Å². The topological polar surface area (TPSA) is 71.2 Å². The van der Waals surface area contributed by atoms with Gasteiger partial charge in [-0.15, -0.1) is 0 Å². The Morgan fingerprint density at radius 1 is 1.18 bits per heavy atom. The molecule has 1 aliphatic carbocycles. The fourth-order valence-electron chi connectivity index (χ4n) is 3.73. The predicted molar refractivity (Wildman–Crippen MR) is 111 cm³/mol. The maximum Gasteiger partial charge on any atom is 0.252 e. The lowest BCUT2D eigenvalue weighted by Crippen LogP contribution is -2.28. The zero-order chi connectivity index (χ0) is 20.3. The number of rotatable bonds is 5. The van der Waals surface area contributed by atoms with E-state index in [1.54, 1.807) is 12.1 Å². The molecule has 0 spiro atoms. The van der Waals surface area contributed by atoms with Crippen molar-refractivity contribution < 1.29 is 9.53 Å². The molecule has 2 N–H and O–H groups in total. The average molecular weight is 403 g/mol. The molecule has 0 aliphatic heterocycles. The number of benzene rings is 1. The molecule has 6 heteroatoms. The predicted octanol–water partition coefficient (Wildman–Crippen LogP) is 4.60. The number of aromatic amines is 1. The fraction of sp³-hybridized carbons (Fsp3) is 0.455. The summed E-state index contributed by atoms with van der Waals surface area (Å²) >= 11 is 6.25. The third-order valence-electron chi connectivity index (χ3n) is 5.32. The van der Waals surface area contributed by atoms with Gasteiger partial charge in [0.1, 0.15) is 5.75 Å². The van der Waals surface area contributed by atoms with Gasteiger partial charge in [-0.3, -0.25) is 9.59 Å². The van der Waals surface area contributed by atoms with E-state index in [1.165, 1.54) is 25.3 Å². The number of hydrogen-bond acceptors (Lipinski definition) is 3. The number of hydrogen-bond donors (Lipinski definition) is 2. The minimum atomic E-state index is -0.270. The first kappa shape index (κ1) is 20.5. The summed E-state index contributed by atoms with van der Waals surface area (Å²) in [6.45, 7) is 5.69. The third-order valence-corrected chi connectivity index (χ3v) is 5.54. The summed E-state index contributed by atoms with van der Waals surface area (Å²) in [5.74, 6) is 0.391. The van der Waals surface area contributed by atoms with Gasteiger partial charge < -0.3 is 15.0 Å². The van der Waals surface area contributed by atoms with Crippen molar-refractivity contribution in [3.8, 4) is 5.75 Å². The normalized spacial score (nSPS) is 14.7. The molecule has 1 aliphatic rings. The number of carbonyl (C=O) groups is 1. The van der Waals surface area contributed by atoms with E-state index in [9.17, 15) is 9.59 Å². The fourth-order valence-corrected chi connectivity index (χ4v) is 3.94. The highest BCUT2D eigenvalue weighted by molar-refractivity contribution is 6.31. The molecule has 0 unspecified atom stereocenters. The molecule has 5 nitrogen and oxygen atoms in total. The van der Waals surface area contributed by atoms with Crippen LogP contribution in [0.3, 0.4) is 0 Å². The minimum absolute atomic E-state index is 0.0850. The van der Waals surface area contributed by atoms with E-state index in [-0.39, 0.29) is 24.0 Å². The summed E-state index contributed by atoms with van der Waals surface area (Å²) in [6, 6.07) is 4.96. The summed E-state index contributed by atoms with van der Waals surface area (Å²) in [5, 5.41) is 3.31. The molecular formula is C22H27ClN2O3. The Bertz CT molecular complexity index is 930. The molecule has 1 heterocycles. The number of aryl methyl sites for hydroxylation is 2. The van der Waals surface area contributed by atoms with Gasteiger partial charge in [-0.1, -0.05) is 18.0 Å². The molecule has 3 rings (SSSR count). The van der Waals surface area contributed by atoms with Crippen molar-refractivity contribution in [2.75, 3.05) is 0 Å². The molecule has 1 fully saturated rings. The van der Waals surface area contributed by atoms with E-state index < -0.39 is 0 Å². The molecular weight excluding hydrogens is 376 g/mol. The smallest absolute Gasteiger partial charge is 0.252 e. The summed E-state index contributed by atoms with van der Waals surface area (Å²) < 4.78 is 6.15. The largest absolute Gasteiger partial charge is 0.490 e. The van der Waals surface area contributed by atoms with E-state index in [4.69, 9.17) is 16.3 Å². The van der Waals surface area contributed by atoms with E-state index in [0.29, 0.717) is 21.9 Å². The molecule has 1 aromatic carbocycles. The zero-order valence-corrected chi connectivity index (χ0v) is 17.4. The van der Waals surface area contributed by atoms with Crippen LogP contribution in [0.2, 0.25) is 5.02 Å². The number of H-pyrrole nitrogens is 1. The second kappa shape index (κ2) is 8.82. The summed E-state index contributed by atoms with van der Waals surface area (Å²) in [5.41, 5.74) is 3.26. The lowest BCUT2D eigenvalue weighted by Gasteiger charge is -2.24. The number of aromatic nitrogens is 1. The van der Waals surface area contributed by atoms with Crippen molar-refractivity contribution in [1.82, 2.24) is 10.3 Å². The van der Waals surface area contributed by atoms with Gasteiger partial charge in [0.15, 0.2) is 5.43 Å². The first-order valence-electron chi connectivity index (χ1n) is 9.79. The Labute approximate surface area is 170 Å². The van der Waals surface area contributed by atoms with Crippen LogP contribution < -0.4 is 15.5 Å². The van der Waals surface area contributed by atoms with Crippen LogP contribution in [0.4, 0.5) is 0 Å². The molecule has 0 atom stereocenters. The molecule has 0 radical (unpaired) electrons. The van der Waals surface area contributed by atoms with Crippen LogP contribution in [-0.4, -0.2) is 17.0 Å². The van der Waals surface area contributed by atoms with Crippen molar-refractivity contribution in [2.45, 2.75) is 65.5 Å². The van der Waals surface area contributed by atoms with Gasteiger partial charge in [-0.05, 0) is 58.6 Å². The molecule has 1 saturated carbocycles. The molecule has 28 heavy (non-hydrogen) atoms. The molecule has 0 bridgehead atoms. The highest BCUT2D eigenvalue weighted by atomic mass is 35.5. The Hall–Kier alpha value is -2.27. The van der Waals surface area contributed by atoms with Gasteiger partial charge in [0.05, 0.1) is 6.10 Å². The molecule has 0 saturated heterocycles. The lowest BCUT2D eigenvalue weighted by molar-refractivity contribution is 0.0948. The number of halogens is 1. The van der Waals surface area contributed by atoms with E-state index in [0.717, 1.165) is 29.8 Å². The monoisotopic (exact) mass is 402 g/mol. The molecule has 2 aromatic rings. The zero-order valence-electron chi connectivity index (χ0n) is 16.7. The number of carbonyl (C=O) groups excluding carboxylic acids is 1. The van der Waals surface area contributed by atoms with E-state index >= 15 is 0 Å². The summed E-state index contributed by atoms with van der Waals surface area (Å²) in [6.07, 6.45) is 5.82. The van der Waals surface area contributed by atoms with Crippen molar-refractivity contribution in [3.05, 3.63) is 61.5 Å². The van der Waals surface area contributed by atoms with Crippen molar-refractivity contribution in [2.24, 2.45) is 0 Å². The van der Waals surface area contributed by atoms with Crippen LogP contribution in [0.15, 0.2) is 23.0 Å². The highest BCUT2D eigenvalue weighted by Crippen LogP contribution is 2.30. The average Bonchev–Trinajstić information content (AvgIpc) is 2.64. The van der Waals surface area contributed by atoms with E-state index in [2.05, 4.69) is 10.3 Å². The van der Waals surface area contributed by atoms with Crippen LogP contribution in [-0.2, 0) is 6.54 Å². The quantitative estimate of drug-likeness (QED) is 0.768. The van der Waals surface area contributed by atoms with E-state index in [1.807, 2.05) is 20.8 Å². The number of pyridine rings is 1. The van der Waals surface area contributed by atoms with Crippen molar-refractivity contribution >= 4 is 17.5 Å². The first-order valence-corrected chi connectivity index (χ1v) is 10.2. The van der Waals surface area contributed by atoms with Gasteiger partial charge in [-0.25, -0.2) is 0 Å². The Kier molecular flexibility index (Phi) is 6.45. The Balaban J connectivity index is 1.77. The van der Waals surface area contributed by atoms with Crippen molar-refractivity contribution in [3.63, 3.8) is 0 Å². The first-order chi connectivity index (χ1) is 13.3. The second-order valence-electron chi connectivity index (χ2n) is 7.56. The Morgan fingerprint density at radius 2 is 1.89 bits per heavy atom. The molecule has 150 valence electrons. The van der Waals surface area contributed by atoms with Crippen molar-refractivity contribution in [1.29, 1.82) is 0 Å². The van der Waals surface area contributed by atoms with Crippen LogP contribution in [0.1, 0.15) is 65.0 Å². The second-order valence-corrected chi connectivity index (χ2v) is 7.99. The van der Waals surface area contributed by atoms with Crippen LogP contribution in [0.5, 0.6) is 5.75 Å². The van der Waals surface area contributed by atoms with Gasteiger partial charge in [0, 0.05) is 45.7 Å². The van der Waals surface area contributed by atoms with Crippen LogP contribution >= 0.6 is 11.6 Å². The van der Waals surface area contributed by atoms with Gasteiger partial charge in [-0.2, -0.15) is 0 Å². The van der Waals surface area contributed by atoms with Crippen LogP contribution in [0.25, 0.3) is 0 Å². The highest BCUT2D eigenvalue weighted by Gasteiger charge is 2.20. The minimum Gasteiger partial charge on any atom is -0.490 e. The van der Waals surface area contributed by atoms with Gasteiger partial charge >= 0.3 is 0 Å². The molecule has 1 amide bonds. The number of amides is 1. The maximum absolute atomic E-state index is 12.8. The summed E-state index contributed by atoms with van der Waals surface area (Å²) in [4.78, 5) is 28.1. The Morgan fingerprint density at radius 3 is 2.57 bits per heavy atom. The van der Waals surface area contributed by atoms with Crippen LogP contribution in [0, 0.1) is 20.8 Å². The van der Waals surface area contributed by atoms with Gasteiger partial charge in [0.2, 0.25) is 0 Å². The molecule has 1 aromatic heterocycles. The number of ether oxygens (including phenoxy) is 1. The standard InChI is InChI=1S/C22H27ClN2O3/c1-13-9-20(26)19(15(3)25-13)12-24-22(27)18-10-16(23)11-21(14(18)2)28-17-7-5-4-6-8-17/h9-11,17H,4-8,12H2,1-3H3,(H,24,27)(H,25,26). The lowest BCUT2D eigenvalue weighted by atomic mass is 9.97. The third kappa shape index (κ3) is 4.76.